The Morgan fingerprint density at radius 1 is 1.29 bits per heavy atom. The largest absolute Gasteiger partial charge is 0.485 e. The Balaban J connectivity index is 1.27. The first-order valence-electron chi connectivity index (χ1n) is 10.7. The Morgan fingerprint density at radius 3 is 2.94 bits per heavy atom. The molecule has 0 fully saturated rings. The van der Waals surface area contributed by atoms with Gasteiger partial charge in [0, 0.05) is 6.54 Å². The van der Waals surface area contributed by atoms with Crippen LogP contribution in [0.1, 0.15) is 23.1 Å². The first-order valence-corrected chi connectivity index (χ1v) is 12.5. The number of anilines is 1. The molecule has 2 aromatic carbocycles. The Kier molecular flexibility index (Phi) is 6.25. The number of amides is 1. The van der Waals surface area contributed by atoms with E-state index in [-0.39, 0.29) is 11.7 Å². The zero-order valence-electron chi connectivity index (χ0n) is 18.8. The lowest BCUT2D eigenvalue weighted by Gasteiger charge is -2.26. The summed E-state index contributed by atoms with van der Waals surface area (Å²) in [6.45, 7) is 8.74. The number of hydrogen-bond acceptors (Lipinski definition) is 8. The van der Waals surface area contributed by atoms with E-state index in [1.807, 2.05) is 35.8 Å². The molecule has 5 rings (SSSR count). The molecule has 1 aliphatic rings. The molecule has 1 atom stereocenters. The number of nitrogens with zero attached hydrogens (tertiary/aromatic N) is 4. The van der Waals surface area contributed by atoms with E-state index in [1.165, 1.54) is 28.7 Å². The number of allylic oxidation sites excluding steroid dienone is 1. The lowest BCUT2D eigenvalue weighted by molar-refractivity contribution is -0.113. The Hall–Kier alpha value is -3.37. The minimum atomic E-state index is -0.403. The number of nitrogens with one attached hydrogen (secondary N) is 1. The summed E-state index contributed by atoms with van der Waals surface area (Å²) >= 11 is 2.78. The lowest BCUT2D eigenvalue weighted by Crippen LogP contribution is -2.25. The quantitative estimate of drug-likeness (QED) is 0.288. The third-order valence-electron chi connectivity index (χ3n) is 5.26. The van der Waals surface area contributed by atoms with Gasteiger partial charge in [-0.2, -0.15) is 0 Å². The van der Waals surface area contributed by atoms with Crippen LogP contribution in [0.5, 0.6) is 11.5 Å². The SMILES string of the molecule is C=CCn1c(SCC(=O)Nc2nc3c(C)cc(C)cc3s2)nnc1C1COc2ccccc2O1. The highest BCUT2D eigenvalue weighted by Crippen LogP contribution is 2.36. The van der Waals surface area contributed by atoms with Crippen molar-refractivity contribution in [2.24, 2.45) is 0 Å². The van der Waals surface area contributed by atoms with Gasteiger partial charge in [-0.3, -0.25) is 9.36 Å². The number of benzene rings is 2. The van der Waals surface area contributed by atoms with Crippen LogP contribution in [0.4, 0.5) is 5.13 Å². The molecular weight excluding hydrogens is 470 g/mol. The van der Waals surface area contributed by atoms with Gasteiger partial charge in [-0.1, -0.05) is 47.4 Å². The second-order valence-corrected chi connectivity index (χ2v) is 9.86. The van der Waals surface area contributed by atoms with E-state index < -0.39 is 6.10 Å². The number of carbonyl (C=O) groups excluding carboxylic acids is 1. The zero-order chi connectivity index (χ0) is 23.7. The Labute approximate surface area is 205 Å². The number of ether oxygens (including phenoxy) is 2. The predicted molar refractivity (Wildman–Crippen MR) is 134 cm³/mol. The summed E-state index contributed by atoms with van der Waals surface area (Å²) in [5.41, 5.74) is 3.20. The predicted octanol–water partition coefficient (Wildman–Crippen LogP) is 4.93. The van der Waals surface area contributed by atoms with Crippen LogP contribution < -0.4 is 14.8 Å². The lowest BCUT2D eigenvalue weighted by atomic mass is 10.1. The van der Waals surface area contributed by atoms with Crippen LogP contribution in [0.15, 0.2) is 54.2 Å². The number of para-hydroxylation sites is 2. The summed E-state index contributed by atoms with van der Waals surface area (Å²) in [4.78, 5) is 17.2. The number of rotatable bonds is 7. The molecule has 174 valence electrons. The van der Waals surface area contributed by atoms with Crippen LogP contribution >= 0.6 is 23.1 Å². The molecule has 1 N–H and O–H groups in total. The molecule has 1 unspecified atom stereocenters. The van der Waals surface area contributed by atoms with Crippen molar-refractivity contribution in [3.05, 3.63) is 66.0 Å². The molecule has 2 aromatic heterocycles. The van der Waals surface area contributed by atoms with Crippen LogP contribution in [-0.4, -0.2) is 38.0 Å². The second kappa shape index (κ2) is 9.47. The molecule has 0 radical (unpaired) electrons. The highest BCUT2D eigenvalue weighted by molar-refractivity contribution is 7.99. The molecule has 10 heteroatoms. The van der Waals surface area contributed by atoms with Crippen molar-refractivity contribution in [3.63, 3.8) is 0 Å². The number of aryl methyl sites for hydroxylation is 2. The van der Waals surface area contributed by atoms with Crippen molar-refractivity contribution < 1.29 is 14.3 Å². The van der Waals surface area contributed by atoms with Gasteiger partial charge in [0.2, 0.25) is 5.91 Å². The van der Waals surface area contributed by atoms with Crippen molar-refractivity contribution in [2.75, 3.05) is 17.7 Å². The molecule has 4 aromatic rings. The van der Waals surface area contributed by atoms with E-state index in [9.17, 15) is 4.79 Å². The van der Waals surface area contributed by atoms with Gasteiger partial charge in [-0.25, -0.2) is 4.98 Å². The van der Waals surface area contributed by atoms with E-state index in [0.717, 1.165) is 15.8 Å². The summed E-state index contributed by atoms with van der Waals surface area (Å²) in [5, 5.41) is 12.7. The minimum Gasteiger partial charge on any atom is -0.485 e. The van der Waals surface area contributed by atoms with Crippen LogP contribution in [0.25, 0.3) is 10.2 Å². The molecule has 0 saturated heterocycles. The van der Waals surface area contributed by atoms with E-state index in [2.05, 4.69) is 46.1 Å². The molecule has 8 nitrogen and oxygen atoms in total. The fourth-order valence-electron chi connectivity index (χ4n) is 3.80. The van der Waals surface area contributed by atoms with Crippen LogP contribution in [0.3, 0.4) is 0 Å². The monoisotopic (exact) mass is 493 g/mol. The number of thioether (sulfide) groups is 1. The van der Waals surface area contributed by atoms with Gasteiger partial charge < -0.3 is 14.8 Å². The number of hydrogen-bond donors (Lipinski definition) is 1. The maximum absolute atomic E-state index is 12.6. The number of fused-ring (bicyclic) bond motifs is 2. The average Bonchev–Trinajstić information content (AvgIpc) is 3.41. The van der Waals surface area contributed by atoms with Crippen molar-refractivity contribution in [1.82, 2.24) is 19.7 Å². The van der Waals surface area contributed by atoms with Crippen LogP contribution in [0, 0.1) is 13.8 Å². The summed E-state index contributed by atoms with van der Waals surface area (Å²) in [6, 6.07) is 11.7. The van der Waals surface area contributed by atoms with Gasteiger partial charge in [0.15, 0.2) is 33.7 Å². The third-order valence-corrected chi connectivity index (χ3v) is 7.15. The van der Waals surface area contributed by atoms with E-state index in [0.29, 0.717) is 40.8 Å². The van der Waals surface area contributed by atoms with Gasteiger partial charge >= 0.3 is 0 Å². The number of carbonyl (C=O) groups is 1. The van der Waals surface area contributed by atoms with E-state index >= 15 is 0 Å². The van der Waals surface area contributed by atoms with Crippen molar-refractivity contribution in [3.8, 4) is 11.5 Å². The maximum atomic E-state index is 12.6. The standard InChI is InChI=1S/C24H23N5O3S2/c1-4-9-29-22(18-12-31-16-7-5-6-8-17(16)32-18)27-28-24(29)33-13-20(30)25-23-26-21-15(3)10-14(2)11-19(21)34-23/h4-8,10-11,18H,1,9,12-13H2,2-3H3,(H,25,26,30). The summed E-state index contributed by atoms with van der Waals surface area (Å²) in [7, 11) is 0. The topological polar surface area (TPSA) is 91.2 Å². The average molecular weight is 494 g/mol. The van der Waals surface area contributed by atoms with Gasteiger partial charge in [0.05, 0.1) is 16.0 Å². The second-order valence-electron chi connectivity index (χ2n) is 7.89. The van der Waals surface area contributed by atoms with Gasteiger partial charge in [-0.15, -0.1) is 16.8 Å². The molecule has 0 aliphatic carbocycles. The Morgan fingerprint density at radius 2 is 2.12 bits per heavy atom. The highest BCUT2D eigenvalue weighted by Gasteiger charge is 2.28. The fourth-order valence-corrected chi connectivity index (χ4v) is 5.62. The minimum absolute atomic E-state index is 0.153. The smallest absolute Gasteiger partial charge is 0.236 e. The molecule has 34 heavy (non-hydrogen) atoms. The van der Waals surface area contributed by atoms with Crippen molar-refractivity contribution >= 4 is 44.4 Å². The molecule has 0 saturated carbocycles. The highest BCUT2D eigenvalue weighted by atomic mass is 32.2. The summed E-state index contributed by atoms with van der Waals surface area (Å²) < 4.78 is 14.9. The Bertz CT molecular complexity index is 1380. The van der Waals surface area contributed by atoms with Crippen LogP contribution in [0.2, 0.25) is 0 Å². The van der Waals surface area contributed by atoms with Gasteiger partial charge in [0.1, 0.15) is 6.61 Å². The van der Waals surface area contributed by atoms with Gasteiger partial charge in [-0.05, 0) is 43.2 Å². The molecule has 1 amide bonds. The van der Waals surface area contributed by atoms with Crippen molar-refractivity contribution in [2.45, 2.75) is 31.7 Å². The van der Waals surface area contributed by atoms with Crippen molar-refractivity contribution in [1.29, 1.82) is 0 Å². The number of thiazole rings is 1. The zero-order valence-corrected chi connectivity index (χ0v) is 20.4. The van der Waals surface area contributed by atoms with Crippen LogP contribution in [-0.2, 0) is 11.3 Å². The normalized spacial score (nSPS) is 14.8. The molecule has 0 spiro atoms. The summed E-state index contributed by atoms with van der Waals surface area (Å²) in [6.07, 6.45) is 1.36. The van der Waals surface area contributed by atoms with E-state index in [4.69, 9.17) is 9.47 Å². The molecule has 1 aliphatic heterocycles. The first kappa shape index (κ1) is 22.4. The molecule has 3 heterocycles. The maximum Gasteiger partial charge on any atom is 0.236 e. The molecule has 0 bridgehead atoms. The number of aromatic nitrogens is 4. The summed E-state index contributed by atoms with van der Waals surface area (Å²) in [5.74, 6) is 2.03. The molecular formula is C24H23N5O3S2. The fraction of sp³-hybridized carbons (Fsp3) is 0.250. The van der Waals surface area contributed by atoms with E-state index in [1.54, 1.807) is 6.08 Å². The third kappa shape index (κ3) is 4.51. The first-order chi connectivity index (χ1) is 16.5. The van der Waals surface area contributed by atoms with Gasteiger partial charge in [0.25, 0.3) is 0 Å².